The molecule has 134 valence electrons. The third kappa shape index (κ3) is 4.00. The lowest BCUT2D eigenvalue weighted by Crippen LogP contribution is -2.38. The van der Waals surface area contributed by atoms with Gasteiger partial charge in [0.1, 0.15) is 5.75 Å². The summed E-state index contributed by atoms with van der Waals surface area (Å²) in [5.41, 5.74) is 2.03. The summed E-state index contributed by atoms with van der Waals surface area (Å²) in [5, 5.41) is 11.1. The van der Waals surface area contributed by atoms with Gasteiger partial charge in [-0.2, -0.15) is 0 Å². The lowest BCUT2D eigenvalue weighted by Gasteiger charge is -2.29. The van der Waals surface area contributed by atoms with Gasteiger partial charge in [0, 0.05) is 12.1 Å². The van der Waals surface area contributed by atoms with Gasteiger partial charge in [0.25, 0.3) is 11.8 Å². The van der Waals surface area contributed by atoms with E-state index in [1.165, 1.54) is 0 Å². The molecule has 2 aromatic rings. The number of nitrogens with zero attached hydrogens (tertiary/aromatic N) is 1. The number of carboxylic acids is 1. The second kappa shape index (κ2) is 7.69. The minimum atomic E-state index is -0.962. The molecule has 0 radical (unpaired) electrons. The van der Waals surface area contributed by atoms with Crippen molar-refractivity contribution >= 4 is 23.5 Å². The van der Waals surface area contributed by atoms with E-state index in [-0.39, 0.29) is 31.4 Å². The number of aliphatic carboxylic acids is 1. The molecule has 0 aromatic heterocycles. The van der Waals surface area contributed by atoms with Crippen molar-refractivity contribution in [3.63, 3.8) is 0 Å². The lowest BCUT2D eigenvalue weighted by atomic mass is 10.1. The smallest absolute Gasteiger partial charge is 0.305 e. The number of anilines is 1. The summed E-state index contributed by atoms with van der Waals surface area (Å²) in [6.45, 7) is 0.455. The van der Waals surface area contributed by atoms with E-state index < -0.39 is 5.97 Å². The molecule has 0 aliphatic carbocycles. The zero-order valence-corrected chi connectivity index (χ0v) is 14.0. The monoisotopic (exact) mass is 354 g/mol. The molecule has 0 fully saturated rings. The summed E-state index contributed by atoms with van der Waals surface area (Å²) in [7, 11) is 0. The van der Waals surface area contributed by atoms with Gasteiger partial charge < -0.3 is 20.1 Å². The average molecular weight is 354 g/mol. The Hall–Kier alpha value is -3.35. The largest absolute Gasteiger partial charge is 0.482 e. The Morgan fingerprint density at radius 2 is 1.85 bits per heavy atom. The van der Waals surface area contributed by atoms with E-state index in [0.29, 0.717) is 17.9 Å². The third-order valence-electron chi connectivity index (χ3n) is 3.99. The summed E-state index contributed by atoms with van der Waals surface area (Å²) in [4.78, 5) is 36.3. The number of carbonyl (C=O) groups is 3. The Morgan fingerprint density at radius 3 is 2.58 bits per heavy atom. The molecule has 2 aromatic carbocycles. The molecule has 26 heavy (non-hydrogen) atoms. The van der Waals surface area contributed by atoms with Crippen LogP contribution in [0, 0.1) is 0 Å². The highest BCUT2D eigenvalue weighted by Gasteiger charge is 2.25. The van der Waals surface area contributed by atoms with E-state index in [1.807, 2.05) is 24.3 Å². The number of hydrogen-bond acceptors (Lipinski definition) is 4. The maximum absolute atomic E-state index is 12.2. The van der Waals surface area contributed by atoms with Crippen LogP contribution in [-0.2, 0) is 16.1 Å². The second-order valence-electron chi connectivity index (χ2n) is 5.83. The van der Waals surface area contributed by atoms with Crippen molar-refractivity contribution in [3.05, 3.63) is 59.7 Å². The van der Waals surface area contributed by atoms with Crippen molar-refractivity contribution < 1.29 is 24.2 Å². The Kier molecular flexibility index (Phi) is 5.17. The van der Waals surface area contributed by atoms with Crippen LogP contribution in [0.5, 0.6) is 5.75 Å². The van der Waals surface area contributed by atoms with Gasteiger partial charge in [0.05, 0.1) is 18.7 Å². The van der Waals surface area contributed by atoms with Crippen LogP contribution in [0.25, 0.3) is 0 Å². The van der Waals surface area contributed by atoms with E-state index in [0.717, 1.165) is 11.3 Å². The molecule has 0 saturated carbocycles. The highest BCUT2D eigenvalue weighted by atomic mass is 16.5. The van der Waals surface area contributed by atoms with Crippen LogP contribution in [0.4, 0.5) is 5.69 Å². The molecular formula is C19H18N2O5. The molecular weight excluding hydrogens is 336 g/mol. The molecule has 1 heterocycles. The van der Waals surface area contributed by atoms with Gasteiger partial charge >= 0.3 is 5.97 Å². The molecule has 1 aliphatic heterocycles. The molecule has 0 spiro atoms. The normalized spacial score (nSPS) is 12.9. The Bertz CT molecular complexity index is 832. The zero-order chi connectivity index (χ0) is 18.5. The first-order valence-electron chi connectivity index (χ1n) is 8.16. The predicted molar refractivity (Wildman–Crippen MR) is 94.2 cm³/mol. The summed E-state index contributed by atoms with van der Waals surface area (Å²) < 4.78 is 5.42. The highest BCUT2D eigenvalue weighted by Crippen LogP contribution is 2.32. The Morgan fingerprint density at radius 1 is 1.12 bits per heavy atom. The van der Waals surface area contributed by atoms with Crippen LogP contribution in [-0.4, -0.2) is 36.0 Å². The molecule has 0 saturated heterocycles. The first-order valence-corrected chi connectivity index (χ1v) is 8.16. The number of fused-ring (bicyclic) bond motifs is 1. The SMILES string of the molecule is O=C(O)CCNC(=O)c1ccc(CN2C(=O)COc3ccccc32)cc1. The number of carbonyl (C=O) groups excluding carboxylic acids is 2. The fourth-order valence-electron chi connectivity index (χ4n) is 2.66. The van der Waals surface area contributed by atoms with Gasteiger partial charge in [0.2, 0.25) is 0 Å². The molecule has 1 aliphatic rings. The summed E-state index contributed by atoms with van der Waals surface area (Å²) in [6, 6.07) is 14.2. The zero-order valence-electron chi connectivity index (χ0n) is 14.0. The van der Waals surface area contributed by atoms with Crippen LogP contribution in [0.1, 0.15) is 22.3 Å². The maximum atomic E-state index is 12.2. The number of rotatable bonds is 6. The number of para-hydroxylation sites is 2. The molecule has 7 nitrogen and oxygen atoms in total. The minimum absolute atomic E-state index is 0.00107. The van der Waals surface area contributed by atoms with E-state index in [9.17, 15) is 14.4 Å². The molecule has 2 N–H and O–H groups in total. The van der Waals surface area contributed by atoms with Crippen LogP contribution in [0.3, 0.4) is 0 Å². The average Bonchev–Trinajstić information content (AvgIpc) is 2.64. The quantitative estimate of drug-likeness (QED) is 0.825. The van der Waals surface area contributed by atoms with Crippen molar-refractivity contribution in [2.45, 2.75) is 13.0 Å². The fourth-order valence-corrected chi connectivity index (χ4v) is 2.66. The minimum Gasteiger partial charge on any atom is -0.482 e. The van der Waals surface area contributed by atoms with E-state index in [2.05, 4.69) is 5.32 Å². The standard InChI is InChI=1S/C19H18N2O5/c22-17-12-26-16-4-2-1-3-15(16)21(17)11-13-5-7-14(8-6-13)19(25)20-10-9-18(23)24/h1-8H,9-12H2,(H,20,25)(H,23,24). The number of hydrogen-bond donors (Lipinski definition) is 2. The molecule has 3 rings (SSSR count). The molecule has 0 bridgehead atoms. The first-order chi connectivity index (χ1) is 12.5. The number of amides is 2. The second-order valence-corrected chi connectivity index (χ2v) is 5.83. The van der Waals surface area contributed by atoms with E-state index in [1.54, 1.807) is 29.2 Å². The van der Waals surface area contributed by atoms with Gasteiger partial charge in [-0.1, -0.05) is 24.3 Å². The van der Waals surface area contributed by atoms with E-state index in [4.69, 9.17) is 9.84 Å². The molecule has 2 amide bonds. The lowest BCUT2D eigenvalue weighted by molar-refractivity contribution is -0.136. The van der Waals surface area contributed by atoms with Crippen molar-refractivity contribution in [2.24, 2.45) is 0 Å². The van der Waals surface area contributed by atoms with Crippen LogP contribution in [0.2, 0.25) is 0 Å². The summed E-state index contributed by atoms with van der Waals surface area (Å²) in [6.07, 6.45) is -0.123. The Balaban J connectivity index is 1.67. The van der Waals surface area contributed by atoms with Crippen molar-refractivity contribution in [2.75, 3.05) is 18.1 Å². The summed E-state index contributed by atoms with van der Waals surface area (Å²) >= 11 is 0. The number of nitrogens with one attached hydrogen (secondary N) is 1. The maximum Gasteiger partial charge on any atom is 0.305 e. The van der Waals surface area contributed by atoms with Gasteiger partial charge in [-0.15, -0.1) is 0 Å². The molecule has 0 unspecified atom stereocenters. The van der Waals surface area contributed by atoms with Crippen molar-refractivity contribution in [3.8, 4) is 5.75 Å². The number of carboxylic acid groups (broad SMARTS) is 1. The molecule has 0 atom stereocenters. The third-order valence-corrected chi connectivity index (χ3v) is 3.99. The van der Waals surface area contributed by atoms with Crippen molar-refractivity contribution in [1.82, 2.24) is 5.32 Å². The van der Waals surface area contributed by atoms with Crippen molar-refractivity contribution in [1.29, 1.82) is 0 Å². The highest BCUT2D eigenvalue weighted by molar-refractivity contribution is 5.98. The van der Waals surface area contributed by atoms with Gasteiger partial charge in [0.15, 0.2) is 6.61 Å². The fraction of sp³-hybridized carbons (Fsp3) is 0.211. The first kappa shape index (κ1) is 17.5. The van der Waals surface area contributed by atoms with Crippen LogP contribution >= 0.6 is 0 Å². The van der Waals surface area contributed by atoms with Gasteiger partial charge in [-0.3, -0.25) is 14.4 Å². The van der Waals surface area contributed by atoms with E-state index >= 15 is 0 Å². The Labute approximate surface area is 150 Å². The molecule has 7 heteroatoms. The van der Waals surface area contributed by atoms with Gasteiger partial charge in [-0.05, 0) is 29.8 Å². The summed E-state index contributed by atoms with van der Waals surface area (Å²) in [5.74, 6) is -0.748. The van der Waals surface area contributed by atoms with Crippen LogP contribution < -0.4 is 15.0 Å². The predicted octanol–water partition coefficient (Wildman–Crippen LogP) is 1.82. The number of ether oxygens (including phenoxy) is 1. The topological polar surface area (TPSA) is 95.9 Å². The number of benzene rings is 2. The van der Waals surface area contributed by atoms with Crippen LogP contribution in [0.15, 0.2) is 48.5 Å². The van der Waals surface area contributed by atoms with Gasteiger partial charge in [-0.25, -0.2) is 0 Å².